The first-order chi connectivity index (χ1) is 6.57. The van der Waals surface area contributed by atoms with Crippen LogP contribution >= 0.6 is 0 Å². The van der Waals surface area contributed by atoms with Gasteiger partial charge in [0.05, 0.1) is 0 Å². The number of carbonyl (C=O) groups is 1. The number of carboxylic acid groups (broad SMARTS) is 1. The van der Waals surface area contributed by atoms with E-state index in [9.17, 15) is 4.79 Å². The monoisotopic (exact) mass is 203 g/mol. The van der Waals surface area contributed by atoms with Gasteiger partial charge in [0.15, 0.2) is 0 Å². The minimum Gasteiger partial charge on any atom is -0.481 e. The number of methoxy groups -OCH3 is 1. The van der Waals surface area contributed by atoms with Gasteiger partial charge < -0.3 is 14.7 Å². The van der Waals surface area contributed by atoms with Crippen molar-refractivity contribution in [3.05, 3.63) is 0 Å². The summed E-state index contributed by atoms with van der Waals surface area (Å²) >= 11 is 0. The van der Waals surface area contributed by atoms with Gasteiger partial charge in [0.1, 0.15) is 0 Å². The molecule has 4 heteroatoms. The van der Waals surface area contributed by atoms with Gasteiger partial charge in [-0.1, -0.05) is 0 Å². The highest BCUT2D eigenvalue weighted by atomic mass is 16.5. The molecule has 1 N–H and O–H groups in total. The van der Waals surface area contributed by atoms with E-state index in [4.69, 9.17) is 9.84 Å². The third-order valence-corrected chi connectivity index (χ3v) is 2.39. The predicted molar refractivity (Wildman–Crippen MR) is 55.5 cm³/mol. The highest BCUT2D eigenvalue weighted by Crippen LogP contribution is 2.03. The molecule has 0 aromatic carbocycles. The highest BCUT2D eigenvalue weighted by molar-refractivity contribution is 5.66. The van der Waals surface area contributed by atoms with Gasteiger partial charge in [-0.05, 0) is 33.4 Å². The van der Waals surface area contributed by atoms with E-state index in [-0.39, 0.29) is 6.42 Å². The molecule has 0 aromatic heterocycles. The van der Waals surface area contributed by atoms with Crippen molar-refractivity contribution in [3.63, 3.8) is 0 Å². The Hall–Kier alpha value is -0.610. The summed E-state index contributed by atoms with van der Waals surface area (Å²) in [4.78, 5) is 12.5. The Morgan fingerprint density at radius 2 is 2.21 bits per heavy atom. The van der Waals surface area contributed by atoms with Crippen molar-refractivity contribution in [1.82, 2.24) is 4.90 Å². The van der Waals surface area contributed by atoms with Crippen LogP contribution < -0.4 is 0 Å². The molecule has 0 radical (unpaired) electrons. The Morgan fingerprint density at radius 3 is 2.71 bits per heavy atom. The molecule has 0 heterocycles. The standard InChI is InChI=1S/C10H21NO3/c1-9(6-8-14-3)11(2)7-4-5-10(12)13/h9H,4-8H2,1-3H3,(H,12,13). The van der Waals surface area contributed by atoms with Crippen LogP contribution in [0.1, 0.15) is 26.2 Å². The van der Waals surface area contributed by atoms with E-state index < -0.39 is 5.97 Å². The fourth-order valence-corrected chi connectivity index (χ4v) is 1.21. The molecule has 4 nitrogen and oxygen atoms in total. The molecule has 0 aromatic rings. The molecule has 0 amide bonds. The topological polar surface area (TPSA) is 49.8 Å². The molecule has 1 atom stereocenters. The van der Waals surface area contributed by atoms with Crippen LogP contribution in [0.15, 0.2) is 0 Å². The van der Waals surface area contributed by atoms with Crippen molar-refractivity contribution in [3.8, 4) is 0 Å². The molecule has 84 valence electrons. The van der Waals surface area contributed by atoms with Crippen molar-refractivity contribution in [1.29, 1.82) is 0 Å². The van der Waals surface area contributed by atoms with Crippen molar-refractivity contribution >= 4 is 5.97 Å². The average Bonchev–Trinajstić information content (AvgIpc) is 2.13. The number of carboxylic acids is 1. The number of nitrogens with zero attached hydrogens (tertiary/aromatic N) is 1. The second-order valence-electron chi connectivity index (χ2n) is 3.61. The lowest BCUT2D eigenvalue weighted by Gasteiger charge is -2.23. The maximum atomic E-state index is 10.3. The first-order valence-corrected chi connectivity index (χ1v) is 4.99. The number of ether oxygens (including phenoxy) is 1. The molecule has 0 saturated carbocycles. The molecule has 0 spiro atoms. The minimum absolute atomic E-state index is 0.251. The Balaban J connectivity index is 3.50. The lowest BCUT2D eigenvalue weighted by molar-refractivity contribution is -0.137. The van der Waals surface area contributed by atoms with Crippen molar-refractivity contribution in [2.24, 2.45) is 0 Å². The van der Waals surface area contributed by atoms with Gasteiger partial charge in [0.2, 0.25) is 0 Å². The normalized spacial score (nSPS) is 13.1. The zero-order chi connectivity index (χ0) is 11.0. The van der Waals surface area contributed by atoms with Crippen LogP contribution in [0.4, 0.5) is 0 Å². The summed E-state index contributed by atoms with van der Waals surface area (Å²) in [5.41, 5.74) is 0. The summed E-state index contributed by atoms with van der Waals surface area (Å²) in [7, 11) is 3.71. The fourth-order valence-electron chi connectivity index (χ4n) is 1.21. The summed E-state index contributed by atoms with van der Waals surface area (Å²) in [5, 5.41) is 8.47. The first kappa shape index (κ1) is 13.4. The van der Waals surface area contributed by atoms with E-state index in [2.05, 4.69) is 11.8 Å². The Morgan fingerprint density at radius 1 is 1.57 bits per heavy atom. The highest BCUT2D eigenvalue weighted by Gasteiger charge is 2.08. The Kier molecular flexibility index (Phi) is 7.42. The lowest BCUT2D eigenvalue weighted by atomic mass is 10.2. The summed E-state index contributed by atoms with van der Waals surface area (Å²) < 4.78 is 4.98. The number of rotatable bonds is 8. The van der Waals surface area contributed by atoms with E-state index in [1.54, 1.807) is 7.11 Å². The fraction of sp³-hybridized carbons (Fsp3) is 0.900. The molecule has 0 aliphatic carbocycles. The molecule has 14 heavy (non-hydrogen) atoms. The molecule has 0 aliphatic rings. The van der Waals surface area contributed by atoms with Gasteiger partial charge in [-0.15, -0.1) is 0 Å². The van der Waals surface area contributed by atoms with Crippen LogP contribution in [-0.2, 0) is 9.53 Å². The SMILES string of the molecule is COCCC(C)N(C)CCCC(=O)O. The second kappa shape index (κ2) is 7.76. The molecule has 1 unspecified atom stereocenters. The third kappa shape index (κ3) is 6.86. The zero-order valence-electron chi connectivity index (χ0n) is 9.32. The van der Waals surface area contributed by atoms with Crippen LogP contribution in [0.3, 0.4) is 0 Å². The van der Waals surface area contributed by atoms with Gasteiger partial charge in [0.25, 0.3) is 0 Å². The maximum absolute atomic E-state index is 10.3. The molecule has 0 saturated heterocycles. The van der Waals surface area contributed by atoms with Crippen LogP contribution in [0.25, 0.3) is 0 Å². The molecule has 0 rings (SSSR count). The van der Waals surface area contributed by atoms with Crippen LogP contribution in [0, 0.1) is 0 Å². The molecule has 0 fully saturated rings. The number of aliphatic carboxylic acids is 1. The number of hydrogen-bond acceptors (Lipinski definition) is 3. The summed E-state index contributed by atoms with van der Waals surface area (Å²) in [5.74, 6) is -0.719. The van der Waals surface area contributed by atoms with Crippen molar-refractivity contribution in [2.75, 3.05) is 27.3 Å². The predicted octanol–water partition coefficient (Wildman–Crippen LogP) is 1.21. The lowest BCUT2D eigenvalue weighted by Crippen LogP contribution is -2.31. The van der Waals surface area contributed by atoms with E-state index in [0.717, 1.165) is 19.6 Å². The van der Waals surface area contributed by atoms with Crippen molar-refractivity contribution < 1.29 is 14.6 Å². The largest absolute Gasteiger partial charge is 0.481 e. The van der Waals surface area contributed by atoms with E-state index in [1.807, 2.05) is 7.05 Å². The summed E-state index contributed by atoms with van der Waals surface area (Å²) in [6, 6.07) is 0.448. The minimum atomic E-state index is -0.719. The maximum Gasteiger partial charge on any atom is 0.303 e. The van der Waals surface area contributed by atoms with Gasteiger partial charge >= 0.3 is 5.97 Å². The molecule has 0 aliphatic heterocycles. The molecular weight excluding hydrogens is 182 g/mol. The first-order valence-electron chi connectivity index (χ1n) is 4.99. The average molecular weight is 203 g/mol. The summed E-state index contributed by atoms with van der Waals surface area (Å²) in [6.45, 7) is 3.71. The second-order valence-corrected chi connectivity index (χ2v) is 3.61. The quantitative estimate of drug-likeness (QED) is 0.644. The smallest absolute Gasteiger partial charge is 0.303 e. The van der Waals surface area contributed by atoms with E-state index in [1.165, 1.54) is 0 Å². The molecule has 0 bridgehead atoms. The van der Waals surface area contributed by atoms with E-state index in [0.29, 0.717) is 12.5 Å². The van der Waals surface area contributed by atoms with Crippen molar-refractivity contribution in [2.45, 2.75) is 32.2 Å². The van der Waals surface area contributed by atoms with Crippen LogP contribution in [0.5, 0.6) is 0 Å². The Bertz CT molecular complexity index is 161. The summed E-state index contributed by atoms with van der Waals surface area (Å²) in [6.07, 6.45) is 1.95. The van der Waals surface area contributed by atoms with Gasteiger partial charge in [0, 0.05) is 26.2 Å². The van der Waals surface area contributed by atoms with Gasteiger partial charge in [-0.3, -0.25) is 4.79 Å². The molecular formula is C10H21NO3. The number of hydrogen-bond donors (Lipinski definition) is 1. The third-order valence-electron chi connectivity index (χ3n) is 2.39. The zero-order valence-corrected chi connectivity index (χ0v) is 9.32. The van der Waals surface area contributed by atoms with E-state index >= 15 is 0 Å². The van der Waals surface area contributed by atoms with Crippen LogP contribution in [-0.4, -0.2) is 49.3 Å². The van der Waals surface area contributed by atoms with Crippen LogP contribution in [0.2, 0.25) is 0 Å². The van der Waals surface area contributed by atoms with Gasteiger partial charge in [-0.25, -0.2) is 0 Å². The van der Waals surface area contributed by atoms with Gasteiger partial charge in [-0.2, -0.15) is 0 Å². The Labute approximate surface area is 85.9 Å².